The fourth-order valence-electron chi connectivity index (χ4n) is 1.81. The average Bonchev–Trinajstić information content (AvgIpc) is 2.41. The number of rotatable bonds is 3. The first-order valence-electron chi connectivity index (χ1n) is 5.99. The number of carbonyl (C=O) groups is 1. The highest BCUT2D eigenvalue weighted by Crippen LogP contribution is 2.22. The minimum Gasteiger partial charge on any atom is -0.345 e. The number of amides is 1. The van der Waals surface area contributed by atoms with Crippen LogP contribution in [0.3, 0.4) is 0 Å². The van der Waals surface area contributed by atoms with Gasteiger partial charge in [-0.15, -0.1) is 0 Å². The second kappa shape index (κ2) is 6.50. The van der Waals surface area contributed by atoms with Crippen molar-refractivity contribution in [3.63, 3.8) is 0 Å². The molecule has 1 N–H and O–H groups in total. The third-order valence-corrected chi connectivity index (χ3v) is 4.05. The van der Waals surface area contributed by atoms with E-state index >= 15 is 0 Å². The Morgan fingerprint density at radius 3 is 2.65 bits per heavy atom. The molecular formula is C15H12Br2FNO. The highest BCUT2D eigenvalue weighted by atomic mass is 79.9. The van der Waals surface area contributed by atoms with Gasteiger partial charge in [0.15, 0.2) is 0 Å². The molecule has 0 saturated heterocycles. The number of halogens is 3. The Kier molecular flexibility index (Phi) is 4.94. The smallest absolute Gasteiger partial charge is 0.252 e. The van der Waals surface area contributed by atoms with E-state index in [0.717, 1.165) is 10.0 Å². The van der Waals surface area contributed by atoms with E-state index in [1.54, 1.807) is 24.3 Å². The van der Waals surface area contributed by atoms with Gasteiger partial charge >= 0.3 is 0 Å². The molecule has 2 aromatic carbocycles. The zero-order valence-electron chi connectivity index (χ0n) is 10.7. The Hall–Kier alpha value is -1.20. The first-order chi connectivity index (χ1) is 9.47. The number of hydrogen-bond acceptors (Lipinski definition) is 1. The topological polar surface area (TPSA) is 29.1 Å². The first kappa shape index (κ1) is 15.2. The summed E-state index contributed by atoms with van der Waals surface area (Å²) in [6, 6.07) is 11.3. The Balaban J connectivity index is 2.17. The molecule has 104 valence electrons. The molecule has 0 radical (unpaired) electrons. The number of hydrogen-bond donors (Lipinski definition) is 1. The fourth-order valence-corrected chi connectivity index (χ4v) is 2.59. The monoisotopic (exact) mass is 399 g/mol. The molecule has 0 spiro atoms. The minimum atomic E-state index is -0.313. The van der Waals surface area contributed by atoms with Crippen LogP contribution in [0.1, 0.15) is 28.9 Å². The molecular weight excluding hydrogens is 389 g/mol. The Bertz CT molecular complexity index is 646. The van der Waals surface area contributed by atoms with Crippen molar-refractivity contribution in [2.45, 2.75) is 13.0 Å². The first-order valence-corrected chi connectivity index (χ1v) is 7.57. The normalized spacial score (nSPS) is 12.0. The van der Waals surface area contributed by atoms with Crippen molar-refractivity contribution in [2.24, 2.45) is 0 Å². The molecule has 1 amide bonds. The molecule has 20 heavy (non-hydrogen) atoms. The molecule has 0 aliphatic rings. The van der Waals surface area contributed by atoms with Crippen LogP contribution in [0.25, 0.3) is 0 Å². The maximum absolute atomic E-state index is 13.2. The number of nitrogens with one attached hydrogen (secondary N) is 1. The lowest BCUT2D eigenvalue weighted by Gasteiger charge is -2.15. The molecule has 0 fully saturated rings. The Morgan fingerprint density at radius 1 is 1.20 bits per heavy atom. The lowest BCUT2D eigenvalue weighted by atomic mass is 10.1. The quantitative estimate of drug-likeness (QED) is 0.784. The second-order valence-corrected chi connectivity index (χ2v) is 6.14. The van der Waals surface area contributed by atoms with Gasteiger partial charge in [-0.3, -0.25) is 4.79 Å². The Morgan fingerprint density at radius 2 is 1.95 bits per heavy atom. The van der Waals surface area contributed by atoms with E-state index in [0.29, 0.717) is 10.0 Å². The van der Waals surface area contributed by atoms with Crippen molar-refractivity contribution in [2.75, 3.05) is 0 Å². The summed E-state index contributed by atoms with van der Waals surface area (Å²) in [5.74, 6) is -0.526. The van der Waals surface area contributed by atoms with E-state index in [-0.39, 0.29) is 17.8 Å². The standard InChI is InChI=1S/C15H12Br2FNO/c1-9(10-3-2-4-12(18)7-10)19-15(20)13-8-11(16)5-6-14(13)17/h2-9H,1H3,(H,19,20). The highest BCUT2D eigenvalue weighted by molar-refractivity contribution is 9.11. The average molecular weight is 401 g/mol. The molecule has 2 nitrogen and oxygen atoms in total. The molecule has 0 saturated carbocycles. The van der Waals surface area contributed by atoms with Crippen molar-refractivity contribution in [3.8, 4) is 0 Å². The summed E-state index contributed by atoms with van der Waals surface area (Å²) in [7, 11) is 0. The van der Waals surface area contributed by atoms with E-state index in [2.05, 4.69) is 37.2 Å². The van der Waals surface area contributed by atoms with Gasteiger partial charge in [0, 0.05) is 8.95 Å². The van der Waals surface area contributed by atoms with Crippen LogP contribution in [0.2, 0.25) is 0 Å². The summed E-state index contributed by atoms with van der Waals surface area (Å²) in [6.07, 6.45) is 0. The van der Waals surface area contributed by atoms with Crippen LogP contribution >= 0.6 is 31.9 Å². The van der Waals surface area contributed by atoms with Crippen LogP contribution in [0.4, 0.5) is 4.39 Å². The summed E-state index contributed by atoms with van der Waals surface area (Å²) in [6.45, 7) is 1.82. The zero-order chi connectivity index (χ0) is 14.7. The van der Waals surface area contributed by atoms with Crippen molar-refractivity contribution >= 4 is 37.8 Å². The number of carbonyl (C=O) groups excluding carboxylic acids is 1. The lowest BCUT2D eigenvalue weighted by Crippen LogP contribution is -2.27. The SMILES string of the molecule is CC(NC(=O)c1cc(Br)ccc1Br)c1cccc(F)c1. The van der Waals surface area contributed by atoms with Crippen molar-refractivity contribution in [3.05, 3.63) is 68.4 Å². The molecule has 0 aliphatic carbocycles. The minimum absolute atomic E-state index is 0.213. The van der Waals surface area contributed by atoms with Crippen molar-refractivity contribution in [1.29, 1.82) is 0 Å². The highest BCUT2D eigenvalue weighted by Gasteiger charge is 2.14. The van der Waals surface area contributed by atoms with E-state index in [1.807, 2.05) is 13.0 Å². The van der Waals surface area contributed by atoms with Crippen LogP contribution in [0, 0.1) is 5.82 Å². The van der Waals surface area contributed by atoms with Gasteiger partial charge in [-0.25, -0.2) is 4.39 Å². The third kappa shape index (κ3) is 3.67. The fraction of sp³-hybridized carbons (Fsp3) is 0.133. The van der Waals surface area contributed by atoms with Gasteiger partial charge in [-0.2, -0.15) is 0 Å². The number of benzene rings is 2. The predicted octanol–water partition coefficient (Wildman–Crippen LogP) is 4.84. The summed E-state index contributed by atoms with van der Waals surface area (Å²) < 4.78 is 14.7. The summed E-state index contributed by atoms with van der Waals surface area (Å²) in [5.41, 5.74) is 1.26. The lowest BCUT2D eigenvalue weighted by molar-refractivity contribution is 0.0939. The molecule has 0 aliphatic heterocycles. The summed E-state index contributed by atoms with van der Waals surface area (Å²) >= 11 is 6.68. The van der Waals surface area contributed by atoms with E-state index in [4.69, 9.17) is 0 Å². The molecule has 0 aromatic heterocycles. The van der Waals surface area contributed by atoms with Gasteiger partial charge in [0.2, 0.25) is 0 Å². The van der Waals surface area contributed by atoms with Crippen LogP contribution < -0.4 is 5.32 Å². The molecule has 2 aromatic rings. The van der Waals surface area contributed by atoms with Gasteiger partial charge in [0.05, 0.1) is 11.6 Å². The zero-order valence-corrected chi connectivity index (χ0v) is 13.8. The van der Waals surface area contributed by atoms with E-state index in [1.165, 1.54) is 12.1 Å². The maximum Gasteiger partial charge on any atom is 0.252 e. The van der Waals surface area contributed by atoms with Gasteiger partial charge in [0.1, 0.15) is 5.82 Å². The maximum atomic E-state index is 13.2. The van der Waals surface area contributed by atoms with Gasteiger partial charge in [-0.1, -0.05) is 28.1 Å². The molecule has 0 heterocycles. The van der Waals surface area contributed by atoms with Crippen LogP contribution in [0.5, 0.6) is 0 Å². The second-order valence-electron chi connectivity index (χ2n) is 4.37. The predicted molar refractivity (Wildman–Crippen MR) is 84.1 cm³/mol. The van der Waals surface area contributed by atoms with Crippen molar-refractivity contribution < 1.29 is 9.18 Å². The van der Waals surface area contributed by atoms with Crippen LogP contribution in [-0.2, 0) is 0 Å². The molecule has 1 unspecified atom stereocenters. The van der Waals surface area contributed by atoms with E-state index in [9.17, 15) is 9.18 Å². The van der Waals surface area contributed by atoms with Crippen LogP contribution in [0.15, 0.2) is 51.4 Å². The largest absolute Gasteiger partial charge is 0.345 e. The van der Waals surface area contributed by atoms with Crippen LogP contribution in [-0.4, -0.2) is 5.91 Å². The van der Waals surface area contributed by atoms with Gasteiger partial charge < -0.3 is 5.32 Å². The molecule has 1 atom stereocenters. The molecule has 2 rings (SSSR count). The molecule has 5 heteroatoms. The third-order valence-electron chi connectivity index (χ3n) is 2.87. The molecule has 0 bridgehead atoms. The van der Waals surface area contributed by atoms with Crippen molar-refractivity contribution in [1.82, 2.24) is 5.32 Å². The van der Waals surface area contributed by atoms with Gasteiger partial charge in [-0.05, 0) is 58.7 Å². The Labute approximate surface area is 133 Å². The van der Waals surface area contributed by atoms with E-state index < -0.39 is 0 Å². The summed E-state index contributed by atoms with van der Waals surface area (Å²) in [4.78, 5) is 12.2. The van der Waals surface area contributed by atoms with Gasteiger partial charge in [0.25, 0.3) is 5.91 Å². The summed E-state index contributed by atoms with van der Waals surface area (Å²) in [5, 5.41) is 2.85.